The minimum atomic E-state index is -3.89. The maximum atomic E-state index is 13.8. The number of hydrogen-bond acceptors (Lipinski definition) is 7. The number of nitro benzene ring substituents is 1. The number of sulfonamides is 1. The number of hydrogen-bond donors (Lipinski definition) is 1. The van der Waals surface area contributed by atoms with Crippen molar-refractivity contribution in [3.63, 3.8) is 0 Å². The second-order valence-electron chi connectivity index (χ2n) is 5.96. The second-order valence-corrected chi connectivity index (χ2v) is 8.30. The summed E-state index contributed by atoms with van der Waals surface area (Å²) < 4.78 is 45.5. The van der Waals surface area contributed by atoms with Crippen molar-refractivity contribution in [1.82, 2.24) is 4.31 Å². The van der Waals surface area contributed by atoms with Gasteiger partial charge in [-0.15, -0.1) is 0 Å². The van der Waals surface area contributed by atoms with E-state index < -0.39 is 26.5 Å². The van der Waals surface area contributed by atoms with Crippen molar-refractivity contribution >= 4 is 39.2 Å². The first-order valence-electron chi connectivity index (χ1n) is 8.40. The monoisotopic (exact) mass is 442 g/mol. The van der Waals surface area contributed by atoms with Gasteiger partial charge in [0.25, 0.3) is 5.69 Å². The minimum Gasteiger partial charge on any atom is -0.379 e. The molecule has 0 saturated carbocycles. The summed E-state index contributed by atoms with van der Waals surface area (Å²) in [5.74, 6) is -0.607. The average Bonchev–Trinajstić information content (AvgIpc) is 2.70. The van der Waals surface area contributed by atoms with Gasteiger partial charge in [0.15, 0.2) is 0 Å². The van der Waals surface area contributed by atoms with E-state index in [2.05, 4.69) is 10.5 Å². The first-order chi connectivity index (χ1) is 13.8. The highest BCUT2D eigenvalue weighted by Gasteiger charge is 2.28. The predicted molar refractivity (Wildman–Crippen MR) is 105 cm³/mol. The van der Waals surface area contributed by atoms with E-state index in [0.717, 1.165) is 12.3 Å². The summed E-state index contributed by atoms with van der Waals surface area (Å²) in [5.41, 5.74) is 1.89. The molecular weight excluding hydrogens is 427 g/mol. The lowest BCUT2D eigenvalue weighted by Gasteiger charge is -2.26. The Kier molecular flexibility index (Phi) is 6.42. The molecule has 0 spiro atoms. The molecule has 0 bridgehead atoms. The van der Waals surface area contributed by atoms with Crippen LogP contribution in [0.1, 0.15) is 5.56 Å². The third-order valence-corrected chi connectivity index (χ3v) is 6.38. The zero-order chi connectivity index (χ0) is 21.0. The number of anilines is 1. The molecule has 1 aliphatic heterocycles. The summed E-state index contributed by atoms with van der Waals surface area (Å²) in [7, 11) is -3.89. The number of hydrazone groups is 1. The number of rotatable bonds is 6. The molecular formula is C17H16ClFN4O5S. The molecule has 1 heterocycles. The van der Waals surface area contributed by atoms with Crippen LogP contribution in [0.2, 0.25) is 5.02 Å². The summed E-state index contributed by atoms with van der Waals surface area (Å²) in [6.45, 7) is 0.857. The van der Waals surface area contributed by atoms with Crippen LogP contribution in [0.4, 0.5) is 15.8 Å². The fourth-order valence-electron chi connectivity index (χ4n) is 2.65. The van der Waals surface area contributed by atoms with Gasteiger partial charge in [-0.2, -0.15) is 9.41 Å². The largest absolute Gasteiger partial charge is 0.379 e. The maximum absolute atomic E-state index is 13.8. The molecule has 1 fully saturated rings. The summed E-state index contributed by atoms with van der Waals surface area (Å²) in [6, 6.07) is 7.53. The maximum Gasteiger partial charge on any atom is 0.295 e. The third-order valence-electron chi connectivity index (χ3n) is 4.15. The van der Waals surface area contributed by atoms with E-state index >= 15 is 0 Å². The number of benzene rings is 2. The highest BCUT2D eigenvalue weighted by atomic mass is 35.5. The molecule has 154 valence electrons. The lowest BCUT2D eigenvalue weighted by atomic mass is 10.2. The van der Waals surface area contributed by atoms with E-state index in [1.807, 2.05) is 0 Å². The highest BCUT2D eigenvalue weighted by Crippen LogP contribution is 2.29. The first kappa shape index (κ1) is 21.1. The van der Waals surface area contributed by atoms with Crippen molar-refractivity contribution in [3.05, 3.63) is 62.9 Å². The van der Waals surface area contributed by atoms with Gasteiger partial charge in [-0.05, 0) is 24.3 Å². The summed E-state index contributed by atoms with van der Waals surface area (Å²) in [6.07, 6.45) is 1.08. The van der Waals surface area contributed by atoms with Crippen molar-refractivity contribution in [2.45, 2.75) is 4.90 Å². The molecule has 1 saturated heterocycles. The van der Waals surface area contributed by atoms with Gasteiger partial charge < -0.3 is 4.74 Å². The Hall–Kier alpha value is -2.60. The SMILES string of the molecule is O=[N+]([O-])c1cc(S(=O)(=O)N2CCOCC2)ccc1N/N=C/c1c(F)cccc1Cl. The van der Waals surface area contributed by atoms with Crippen LogP contribution in [-0.2, 0) is 14.8 Å². The fourth-order valence-corrected chi connectivity index (χ4v) is 4.29. The minimum absolute atomic E-state index is 0.0100. The lowest BCUT2D eigenvalue weighted by molar-refractivity contribution is -0.384. The van der Waals surface area contributed by atoms with E-state index in [1.54, 1.807) is 0 Å². The zero-order valence-corrected chi connectivity index (χ0v) is 16.5. The molecule has 2 aromatic carbocycles. The molecule has 9 nitrogen and oxygen atoms in total. The molecule has 1 aliphatic rings. The van der Waals surface area contributed by atoms with E-state index in [0.29, 0.717) is 0 Å². The number of nitrogens with zero attached hydrogens (tertiary/aromatic N) is 3. The van der Waals surface area contributed by atoms with Gasteiger partial charge in [0.05, 0.1) is 34.3 Å². The van der Waals surface area contributed by atoms with Crippen LogP contribution in [0.25, 0.3) is 0 Å². The summed E-state index contributed by atoms with van der Waals surface area (Å²) in [4.78, 5) is 10.5. The predicted octanol–water partition coefficient (Wildman–Crippen LogP) is 2.85. The van der Waals surface area contributed by atoms with Crippen LogP contribution in [0, 0.1) is 15.9 Å². The molecule has 29 heavy (non-hydrogen) atoms. The van der Waals surface area contributed by atoms with Crippen LogP contribution < -0.4 is 5.43 Å². The number of nitrogens with one attached hydrogen (secondary N) is 1. The second kappa shape index (κ2) is 8.82. The molecule has 1 N–H and O–H groups in total. The molecule has 0 amide bonds. The van der Waals surface area contributed by atoms with Gasteiger partial charge in [0, 0.05) is 24.7 Å². The van der Waals surface area contributed by atoms with E-state index in [4.69, 9.17) is 16.3 Å². The van der Waals surface area contributed by atoms with E-state index in [-0.39, 0.29) is 47.5 Å². The Morgan fingerprint density at radius 3 is 2.66 bits per heavy atom. The molecule has 2 aromatic rings. The van der Waals surface area contributed by atoms with Crippen molar-refractivity contribution in [2.75, 3.05) is 31.7 Å². The molecule has 0 radical (unpaired) electrons. The highest BCUT2D eigenvalue weighted by molar-refractivity contribution is 7.89. The van der Waals surface area contributed by atoms with Crippen LogP contribution in [0.15, 0.2) is 46.4 Å². The van der Waals surface area contributed by atoms with E-state index in [1.165, 1.54) is 34.6 Å². The quantitative estimate of drug-likeness (QED) is 0.418. The van der Waals surface area contributed by atoms with Gasteiger partial charge in [0.1, 0.15) is 11.5 Å². The Balaban J connectivity index is 1.87. The normalized spacial score (nSPS) is 15.5. The number of nitro groups is 1. The molecule has 0 unspecified atom stereocenters. The Labute approximate surface area is 170 Å². The zero-order valence-electron chi connectivity index (χ0n) is 14.9. The van der Waals surface area contributed by atoms with Crippen LogP contribution >= 0.6 is 11.6 Å². The van der Waals surface area contributed by atoms with E-state index in [9.17, 15) is 22.9 Å². The van der Waals surface area contributed by atoms with Gasteiger partial charge in [-0.1, -0.05) is 17.7 Å². The average molecular weight is 443 g/mol. The number of ether oxygens (including phenoxy) is 1. The first-order valence-corrected chi connectivity index (χ1v) is 10.2. The van der Waals surface area contributed by atoms with Gasteiger partial charge >= 0.3 is 0 Å². The lowest BCUT2D eigenvalue weighted by Crippen LogP contribution is -2.40. The standard InChI is InChI=1S/C17H16ClFN4O5S/c18-14-2-1-3-15(19)13(14)11-20-21-16-5-4-12(10-17(16)23(24)25)29(26,27)22-6-8-28-9-7-22/h1-5,10-11,21H,6-9H2/b20-11+. The Morgan fingerprint density at radius 1 is 1.28 bits per heavy atom. The van der Waals surface area contributed by atoms with Crippen LogP contribution in [0.5, 0.6) is 0 Å². The molecule has 0 aromatic heterocycles. The Morgan fingerprint density at radius 2 is 2.00 bits per heavy atom. The summed E-state index contributed by atoms with van der Waals surface area (Å²) >= 11 is 5.89. The molecule has 0 aliphatic carbocycles. The van der Waals surface area contributed by atoms with Gasteiger partial charge in [-0.3, -0.25) is 15.5 Å². The molecule has 12 heteroatoms. The fraction of sp³-hybridized carbons (Fsp3) is 0.235. The number of morpholine rings is 1. The smallest absolute Gasteiger partial charge is 0.295 e. The van der Waals surface area contributed by atoms with Crippen molar-refractivity contribution < 1.29 is 22.5 Å². The van der Waals surface area contributed by atoms with Crippen molar-refractivity contribution in [2.24, 2.45) is 5.10 Å². The Bertz CT molecular complexity index is 1040. The van der Waals surface area contributed by atoms with Gasteiger partial charge in [-0.25, -0.2) is 12.8 Å². The molecule has 0 atom stereocenters. The number of halogens is 2. The summed E-state index contributed by atoms with van der Waals surface area (Å²) in [5, 5.41) is 15.3. The van der Waals surface area contributed by atoms with Crippen LogP contribution in [0.3, 0.4) is 0 Å². The molecule has 3 rings (SSSR count). The topological polar surface area (TPSA) is 114 Å². The third kappa shape index (κ3) is 4.70. The van der Waals surface area contributed by atoms with Crippen molar-refractivity contribution in [1.29, 1.82) is 0 Å². The van der Waals surface area contributed by atoms with Crippen molar-refractivity contribution in [3.8, 4) is 0 Å². The van der Waals surface area contributed by atoms with Crippen LogP contribution in [-0.4, -0.2) is 50.2 Å². The van der Waals surface area contributed by atoms with Gasteiger partial charge in [0.2, 0.25) is 10.0 Å².